The molecule has 1 aromatic carbocycles. The van der Waals surface area contributed by atoms with E-state index in [1.165, 1.54) is 0 Å². The summed E-state index contributed by atoms with van der Waals surface area (Å²) in [5, 5.41) is 3.70. The minimum atomic E-state index is -0.183. The summed E-state index contributed by atoms with van der Waals surface area (Å²) in [6.45, 7) is 8.29. The number of fused-ring (bicyclic) bond motifs is 1. The lowest BCUT2D eigenvalue weighted by molar-refractivity contribution is 0.0899. The number of nitrogens with zero attached hydrogens (tertiary/aromatic N) is 2. The minimum Gasteiger partial charge on any atom is -0.346 e. The number of halogens is 1. The number of imidazole rings is 1. The van der Waals surface area contributed by atoms with E-state index < -0.39 is 0 Å². The Balaban J connectivity index is 2.07. The fourth-order valence-electron chi connectivity index (χ4n) is 2.52. The third-order valence-corrected chi connectivity index (χ3v) is 4.73. The Hall–Kier alpha value is -2.33. The van der Waals surface area contributed by atoms with E-state index in [1.54, 1.807) is 0 Å². The summed E-state index contributed by atoms with van der Waals surface area (Å²) in [7, 11) is 0. The molecule has 0 unspecified atom stereocenters. The molecule has 1 N–H and O–H groups in total. The van der Waals surface area contributed by atoms with Gasteiger partial charge in [-0.05, 0) is 36.6 Å². The van der Waals surface area contributed by atoms with Gasteiger partial charge < -0.3 is 5.32 Å². The molecule has 1 amide bonds. The molecule has 0 aliphatic rings. The van der Waals surface area contributed by atoms with Crippen molar-refractivity contribution in [1.82, 2.24) is 14.7 Å². The number of aromatic nitrogens is 2. The predicted molar refractivity (Wildman–Crippen MR) is 102 cm³/mol. The molecule has 2 heterocycles. The SMILES string of the molecule is C[C@@H](NC(=O)c1nc(-c2cccc(Cl)c2)c2ccccn12)C(C)(C)C. The highest BCUT2D eigenvalue weighted by Crippen LogP contribution is 2.27. The van der Waals surface area contributed by atoms with Gasteiger partial charge in [0, 0.05) is 22.8 Å². The fourth-order valence-corrected chi connectivity index (χ4v) is 2.71. The summed E-state index contributed by atoms with van der Waals surface area (Å²) >= 11 is 6.12. The van der Waals surface area contributed by atoms with Gasteiger partial charge in [0.2, 0.25) is 5.82 Å². The lowest BCUT2D eigenvalue weighted by atomic mass is 9.88. The first kappa shape index (κ1) is 17.5. The van der Waals surface area contributed by atoms with Gasteiger partial charge in [0.1, 0.15) is 0 Å². The van der Waals surface area contributed by atoms with Crippen molar-refractivity contribution in [3.05, 3.63) is 59.5 Å². The Morgan fingerprint density at radius 1 is 1.20 bits per heavy atom. The second kappa shape index (κ2) is 6.52. The summed E-state index contributed by atoms with van der Waals surface area (Å²) in [6, 6.07) is 13.3. The van der Waals surface area contributed by atoms with Gasteiger partial charge in [0.25, 0.3) is 5.91 Å². The van der Waals surface area contributed by atoms with Crippen molar-refractivity contribution >= 4 is 23.0 Å². The summed E-state index contributed by atoms with van der Waals surface area (Å²) in [6.07, 6.45) is 1.85. The van der Waals surface area contributed by atoms with Crippen molar-refractivity contribution in [3.8, 4) is 11.3 Å². The van der Waals surface area contributed by atoms with Crippen LogP contribution in [0.2, 0.25) is 5.02 Å². The van der Waals surface area contributed by atoms with E-state index in [0.717, 1.165) is 16.8 Å². The highest BCUT2D eigenvalue weighted by atomic mass is 35.5. The molecule has 1 atom stereocenters. The maximum atomic E-state index is 12.8. The molecule has 5 heteroatoms. The van der Waals surface area contributed by atoms with Crippen molar-refractivity contribution in [1.29, 1.82) is 0 Å². The van der Waals surface area contributed by atoms with E-state index in [-0.39, 0.29) is 17.4 Å². The zero-order valence-corrected chi connectivity index (χ0v) is 15.6. The summed E-state index contributed by atoms with van der Waals surface area (Å²) in [5.74, 6) is 0.193. The van der Waals surface area contributed by atoms with E-state index in [0.29, 0.717) is 10.8 Å². The van der Waals surface area contributed by atoms with E-state index in [9.17, 15) is 4.79 Å². The summed E-state index contributed by atoms with van der Waals surface area (Å²) < 4.78 is 1.82. The number of nitrogens with one attached hydrogen (secondary N) is 1. The largest absolute Gasteiger partial charge is 0.346 e. The Labute approximate surface area is 152 Å². The van der Waals surface area contributed by atoms with Crippen LogP contribution in [0.15, 0.2) is 48.7 Å². The predicted octanol–water partition coefficient (Wildman–Crippen LogP) is 4.82. The molecule has 25 heavy (non-hydrogen) atoms. The van der Waals surface area contributed by atoms with Crippen LogP contribution in [0, 0.1) is 5.41 Å². The van der Waals surface area contributed by atoms with Crippen molar-refractivity contribution < 1.29 is 4.79 Å². The first-order valence-electron chi connectivity index (χ1n) is 8.31. The quantitative estimate of drug-likeness (QED) is 0.732. The highest BCUT2D eigenvalue weighted by molar-refractivity contribution is 6.30. The van der Waals surface area contributed by atoms with Crippen LogP contribution in [-0.4, -0.2) is 21.3 Å². The van der Waals surface area contributed by atoms with Gasteiger partial charge in [0.05, 0.1) is 11.2 Å². The van der Waals surface area contributed by atoms with Gasteiger partial charge in [-0.15, -0.1) is 0 Å². The molecule has 0 radical (unpaired) electrons. The molecule has 0 aliphatic heterocycles. The van der Waals surface area contributed by atoms with Crippen molar-refractivity contribution in [3.63, 3.8) is 0 Å². The molecule has 4 nitrogen and oxygen atoms in total. The molecule has 2 aromatic heterocycles. The third kappa shape index (κ3) is 3.54. The van der Waals surface area contributed by atoms with Crippen molar-refractivity contribution in [2.24, 2.45) is 5.41 Å². The Bertz CT molecular complexity index is 924. The lowest BCUT2D eigenvalue weighted by Gasteiger charge is -2.27. The van der Waals surface area contributed by atoms with Crippen LogP contribution >= 0.6 is 11.6 Å². The molecule has 0 saturated heterocycles. The molecular weight excluding hydrogens is 334 g/mol. The smallest absolute Gasteiger partial charge is 0.287 e. The van der Waals surface area contributed by atoms with Gasteiger partial charge in [-0.1, -0.05) is 50.6 Å². The van der Waals surface area contributed by atoms with E-state index in [1.807, 2.05) is 60.0 Å². The Kier molecular flexibility index (Phi) is 4.56. The van der Waals surface area contributed by atoms with Gasteiger partial charge in [0.15, 0.2) is 0 Å². The molecular formula is C20H22ClN3O. The van der Waals surface area contributed by atoms with Gasteiger partial charge >= 0.3 is 0 Å². The van der Waals surface area contributed by atoms with Gasteiger partial charge in [-0.25, -0.2) is 4.98 Å². The van der Waals surface area contributed by atoms with E-state index >= 15 is 0 Å². The molecule has 0 saturated carbocycles. The van der Waals surface area contributed by atoms with Crippen LogP contribution in [-0.2, 0) is 0 Å². The maximum Gasteiger partial charge on any atom is 0.287 e. The number of carbonyl (C=O) groups is 1. The summed E-state index contributed by atoms with van der Waals surface area (Å²) in [4.78, 5) is 17.4. The minimum absolute atomic E-state index is 0.0191. The number of pyridine rings is 1. The molecule has 0 spiro atoms. The zero-order chi connectivity index (χ0) is 18.2. The van der Waals surface area contributed by atoms with Crippen LogP contribution < -0.4 is 5.32 Å². The molecule has 130 valence electrons. The summed E-state index contributed by atoms with van der Waals surface area (Å²) in [5.41, 5.74) is 2.48. The first-order valence-corrected chi connectivity index (χ1v) is 8.69. The molecule has 0 fully saturated rings. The average Bonchev–Trinajstić information content (AvgIpc) is 2.93. The molecule has 0 aliphatic carbocycles. The third-order valence-electron chi connectivity index (χ3n) is 4.50. The van der Waals surface area contributed by atoms with Crippen LogP contribution in [0.25, 0.3) is 16.8 Å². The normalized spacial score (nSPS) is 13.0. The number of hydrogen-bond donors (Lipinski definition) is 1. The first-order chi connectivity index (χ1) is 11.8. The van der Waals surface area contributed by atoms with Crippen LogP contribution in [0.4, 0.5) is 0 Å². The second-order valence-electron chi connectivity index (χ2n) is 7.31. The average molecular weight is 356 g/mol. The van der Waals surface area contributed by atoms with Gasteiger partial charge in [-0.2, -0.15) is 0 Å². The topological polar surface area (TPSA) is 46.4 Å². The van der Waals surface area contributed by atoms with Crippen LogP contribution in [0.3, 0.4) is 0 Å². The van der Waals surface area contributed by atoms with Crippen molar-refractivity contribution in [2.45, 2.75) is 33.7 Å². The standard InChI is InChI=1S/C20H22ClN3O/c1-13(20(2,3)4)22-19(25)18-23-17(14-8-7-9-15(21)12-14)16-10-5-6-11-24(16)18/h5-13H,1-4H3,(H,22,25)/t13-/m1/s1. The van der Waals surface area contributed by atoms with E-state index in [2.05, 4.69) is 31.1 Å². The van der Waals surface area contributed by atoms with Gasteiger partial charge in [-0.3, -0.25) is 9.20 Å². The Morgan fingerprint density at radius 2 is 1.96 bits per heavy atom. The monoisotopic (exact) mass is 355 g/mol. The fraction of sp³-hybridized carbons (Fsp3) is 0.300. The van der Waals surface area contributed by atoms with Crippen LogP contribution in [0.1, 0.15) is 38.3 Å². The number of amides is 1. The molecule has 0 bridgehead atoms. The maximum absolute atomic E-state index is 12.8. The molecule has 3 rings (SSSR count). The van der Waals surface area contributed by atoms with E-state index in [4.69, 9.17) is 11.6 Å². The number of rotatable bonds is 3. The number of carbonyl (C=O) groups excluding carboxylic acids is 1. The highest BCUT2D eigenvalue weighted by Gasteiger charge is 2.25. The van der Waals surface area contributed by atoms with Crippen LogP contribution in [0.5, 0.6) is 0 Å². The zero-order valence-electron chi connectivity index (χ0n) is 14.9. The molecule has 3 aromatic rings. The number of benzene rings is 1. The second-order valence-corrected chi connectivity index (χ2v) is 7.75. The Morgan fingerprint density at radius 3 is 2.64 bits per heavy atom. The lowest BCUT2D eigenvalue weighted by Crippen LogP contribution is -2.42. The number of hydrogen-bond acceptors (Lipinski definition) is 2. The van der Waals surface area contributed by atoms with Crippen molar-refractivity contribution in [2.75, 3.05) is 0 Å².